The first kappa shape index (κ1) is 55.5. The minimum Gasteiger partial charge on any atom is -0.741 e. The maximum Gasteiger partial charge on any atom is 0.485 e. The molecule has 336 valence electrons. The number of benzene rings is 4. The van der Waals surface area contributed by atoms with E-state index in [0.29, 0.717) is 79.3 Å². The van der Waals surface area contributed by atoms with Gasteiger partial charge < -0.3 is 37.5 Å². The molecular weight excluding hydrogens is 1080 g/mol. The van der Waals surface area contributed by atoms with Gasteiger partial charge in [0, 0.05) is 0 Å². The smallest absolute Gasteiger partial charge is 0.485 e. The molecule has 0 spiro atoms. The van der Waals surface area contributed by atoms with Crippen LogP contribution in [-0.4, -0.2) is 116 Å². The van der Waals surface area contributed by atoms with E-state index in [1.807, 2.05) is 0 Å². The SMILES string of the molecule is C1COCCOCCOCCOCCOCCO1.O=S(=O)([O-])C(F)(F)F.O=S(=O)([O-])C(F)(F)F.c1ccc([I+]c2ccccc2)cc1.c1ccc([I+]c2ccccc2)cc1. The van der Waals surface area contributed by atoms with Crippen molar-refractivity contribution >= 4 is 20.2 Å². The lowest BCUT2D eigenvalue weighted by Gasteiger charge is -2.09. The van der Waals surface area contributed by atoms with Crippen LogP contribution in [0.5, 0.6) is 0 Å². The topological polar surface area (TPSA) is 170 Å². The van der Waals surface area contributed by atoms with Gasteiger partial charge >= 0.3 is 53.4 Å². The molecule has 0 aliphatic carbocycles. The van der Waals surface area contributed by atoms with Gasteiger partial charge in [-0.25, -0.2) is 16.8 Å². The van der Waals surface area contributed by atoms with Crippen molar-refractivity contribution in [3.63, 3.8) is 0 Å². The van der Waals surface area contributed by atoms with Crippen LogP contribution in [0.1, 0.15) is 0 Å². The number of ether oxygens (including phenoxy) is 6. The Morgan fingerprint density at radius 1 is 0.350 bits per heavy atom. The van der Waals surface area contributed by atoms with Gasteiger partial charge in [-0.3, -0.25) is 0 Å². The van der Waals surface area contributed by atoms with Crippen molar-refractivity contribution in [2.45, 2.75) is 11.0 Å². The first-order chi connectivity index (χ1) is 28.4. The fourth-order valence-electron chi connectivity index (χ4n) is 3.48. The standard InChI is InChI=1S/2C12H10I.C12H24O6.2CHF3O3S/c2*1-3-7-11(8-4-1)13-12-9-5-2-6-10-12;1-2-14-5-6-16-9-10-18-12-11-17-8-7-15-4-3-13-1;2*2-1(3,4)8(5,6)7/h2*1-10H;1-12H2;2*(H,5,6,7)/q2*+1;;;/p-2. The molecule has 0 bridgehead atoms. The van der Waals surface area contributed by atoms with Gasteiger partial charge in [-0.1, -0.05) is 72.8 Å². The van der Waals surface area contributed by atoms with Gasteiger partial charge in [-0.15, -0.1) is 0 Å². The van der Waals surface area contributed by atoms with Crippen LogP contribution in [0.4, 0.5) is 26.3 Å². The molecule has 1 saturated heterocycles. The summed E-state index contributed by atoms with van der Waals surface area (Å²) in [5.74, 6) is 0. The zero-order valence-electron chi connectivity index (χ0n) is 31.8. The quantitative estimate of drug-likeness (QED) is 0.115. The minimum absolute atomic E-state index is 0.0287. The molecule has 0 amide bonds. The second-order valence-electron chi connectivity index (χ2n) is 10.8. The van der Waals surface area contributed by atoms with Crippen LogP contribution < -0.4 is 42.4 Å². The van der Waals surface area contributed by atoms with E-state index in [0.717, 1.165) is 0 Å². The van der Waals surface area contributed by atoms with Gasteiger partial charge in [0.05, 0.1) is 79.3 Å². The summed E-state index contributed by atoms with van der Waals surface area (Å²) in [5.41, 5.74) is -11.3. The average Bonchev–Trinajstić information content (AvgIpc) is 3.19. The van der Waals surface area contributed by atoms with Crippen molar-refractivity contribution in [2.75, 3.05) is 79.3 Å². The lowest BCUT2D eigenvalue weighted by Crippen LogP contribution is -3.61. The van der Waals surface area contributed by atoms with Crippen LogP contribution in [-0.2, 0) is 48.7 Å². The van der Waals surface area contributed by atoms with Gasteiger partial charge in [0.1, 0.15) is 0 Å². The summed E-state index contributed by atoms with van der Waals surface area (Å²) in [6.45, 7) is 7.04. The maximum atomic E-state index is 10.7. The van der Waals surface area contributed by atoms with E-state index in [4.69, 9.17) is 54.4 Å². The molecule has 4 aromatic carbocycles. The number of hydrogen-bond donors (Lipinski definition) is 0. The highest BCUT2D eigenvalue weighted by molar-refractivity contribution is 7.86. The molecule has 0 saturated carbocycles. The third kappa shape index (κ3) is 30.5. The van der Waals surface area contributed by atoms with Gasteiger partial charge in [-0.2, -0.15) is 26.3 Å². The molecule has 0 aromatic heterocycles. The zero-order chi connectivity index (χ0) is 44.6. The Morgan fingerprint density at radius 2 is 0.483 bits per heavy atom. The van der Waals surface area contributed by atoms with Crippen LogP contribution in [0, 0.1) is 14.3 Å². The lowest BCUT2D eigenvalue weighted by atomic mass is 10.4. The highest BCUT2D eigenvalue weighted by Crippen LogP contribution is 2.21. The number of rotatable bonds is 4. The molecule has 1 fully saturated rings. The molecule has 0 atom stereocenters. The van der Waals surface area contributed by atoms with E-state index in [1.54, 1.807) is 0 Å². The highest BCUT2D eigenvalue weighted by atomic mass is 127. The van der Waals surface area contributed by atoms with Gasteiger partial charge in [0.15, 0.2) is 34.5 Å². The molecule has 4 aromatic rings. The summed E-state index contributed by atoms with van der Waals surface area (Å²) < 4.78 is 156. The molecule has 5 rings (SSSR count). The highest BCUT2D eigenvalue weighted by Gasteiger charge is 2.37. The molecule has 0 unspecified atom stereocenters. The molecule has 22 heteroatoms. The van der Waals surface area contributed by atoms with Crippen LogP contribution in [0.2, 0.25) is 0 Å². The summed E-state index contributed by atoms with van der Waals surface area (Å²) >= 11 is 0.0574. The maximum absolute atomic E-state index is 10.7. The Balaban J connectivity index is 0.000000388. The van der Waals surface area contributed by atoms with E-state index < -0.39 is 31.3 Å². The van der Waals surface area contributed by atoms with E-state index in [-0.39, 0.29) is 42.4 Å². The fourth-order valence-corrected chi connectivity index (χ4v) is 8.02. The molecule has 12 nitrogen and oxygen atoms in total. The number of halogens is 8. The molecule has 1 aliphatic heterocycles. The fraction of sp³-hybridized carbons (Fsp3) is 0.368. The first-order valence-electron chi connectivity index (χ1n) is 17.4. The summed E-state index contributed by atoms with van der Waals surface area (Å²) in [6.07, 6.45) is 0. The molecule has 1 heterocycles. The Kier molecular flexibility index (Phi) is 29.8. The number of alkyl halides is 6. The van der Waals surface area contributed by atoms with Crippen molar-refractivity contribution in [1.82, 2.24) is 0 Å². The van der Waals surface area contributed by atoms with Crippen molar-refractivity contribution in [1.29, 1.82) is 0 Å². The molecule has 0 N–H and O–H groups in total. The molecular formula is C38H44F6I2O12S2. The molecule has 0 radical (unpaired) electrons. The Morgan fingerprint density at radius 3 is 0.600 bits per heavy atom. The molecule has 60 heavy (non-hydrogen) atoms. The third-order valence-corrected chi connectivity index (χ3v) is 12.7. The molecule has 1 aliphatic rings. The first-order valence-corrected chi connectivity index (χ1v) is 24.5. The number of hydrogen-bond acceptors (Lipinski definition) is 12. The average molecular weight is 1120 g/mol. The minimum atomic E-state index is -6.09. The van der Waals surface area contributed by atoms with Gasteiger partial charge in [0.25, 0.3) is 0 Å². The van der Waals surface area contributed by atoms with Crippen molar-refractivity contribution in [3.05, 3.63) is 136 Å². The van der Waals surface area contributed by atoms with Crippen LogP contribution in [0.15, 0.2) is 121 Å². The van der Waals surface area contributed by atoms with Crippen molar-refractivity contribution < 1.29 is 123 Å². The Bertz CT molecular complexity index is 1580. The van der Waals surface area contributed by atoms with Crippen LogP contribution >= 0.6 is 0 Å². The summed E-state index contributed by atoms with van der Waals surface area (Å²) in [5, 5.41) is 0. The zero-order valence-corrected chi connectivity index (χ0v) is 37.7. The summed E-state index contributed by atoms with van der Waals surface area (Å²) in [7, 11) is -12.2. The lowest BCUT2D eigenvalue weighted by molar-refractivity contribution is -0.597. The van der Waals surface area contributed by atoms with E-state index in [9.17, 15) is 26.3 Å². The second kappa shape index (κ2) is 32.2. The monoisotopic (exact) mass is 1120 g/mol. The largest absolute Gasteiger partial charge is 0.741 e. The third-order valence-electron chi connectivity index (χ3n) is 6.17. The van der Waals surface area contributed by atoms with Gasteiger partial charge in [0.2, 0.25) is 0 Å². The van der Waals surface area contributed by atoms with E-state index >= 15 is 0 Å². The van der Waals surface area contributed by atoms with Gasteiger partial charge in [-0.05, 0) is 48.5 Å². The van der Waals surface area contributed by atoms with Crippen molar-refractivity contribution in [2.24, 2.45) is 0 Å². The summed E-state index contributed by atoms with van der Waals surface area (Å²) in [6, 6.07) is 42.8. The normalized spacial score (nSPS) is 15.2. The van der Waals surface area contributed by atoms with E-state index in [1.165, 1.54) is 14.3 Å². The van der Waals surface area contributed by atoms with Crippen molar-refractivity contribution in [3.8, 4) is 0 Å². The predicted molar refractivity (Wildman–Crippen MR) is 197 cm³/mol. The van der Waals surface area contributed by atoms with E-state index in [2.05, 4.69) is 121 Å². The summed E-state index contributed by atoms with van der Waals surface area (Å²) in [4.78, 5) is 0. The predicted octanol–water partition coefficient (Wildman–Crippen LogP) is -0.168. The van der Waals surface area contributed by atoms with Crippen LogP contribution in [0.3, 0.4) is 0 Å². The Hall–Kier alpha value is -2.50. The second-order valence-corrected chi connectivity index (χ2v) is 19.6. The van der Waals surface area contributed by atoms with Crippen LogP contribution in [0.25, 0.3) is 0 Å². The Labute approximate surface area is 366 Å².